The summed E-state index contributed by atoms with van der Waals surface area (Å²) in [7, 11) is -4.26. The molecule has 0 spiro atoms. The molecular formula is C30H32BrClFN3O4S. The second kappa shape index (κ2) is 13.8. The van der Waals surface area contributed by atoms with Crippen molar-refractivity contribution < 1.29 is 22.4 Å². The summed E-state index contributed by atoms with van der Waals surface area (Å²) in [5.41, 5.74) is 0.780. The van der Waals surface area contributed by atoms with Crippen LogP contribution in [-0.4, -0.2) is 43.8 Å². The summed E-state index contributed by atoms with van der Waals surface area (Å²) in [4.78, 5) is 28.7. The van der Waals surface area contributed by atoms with Crippen LogP contribution in [0.1, 0.15) is 44.6 Å². The average molecular weight is 665 g/mol. The molecule has 0 radical (unpaired) electrons. The second-order valence-corrected chi connectivity index (χ2v) is 13.3. The van der Waals surface area contributed by atoms with Crippen LogP contribution in [0.3, 0.4) is 0 Å². The van der Waals surface area contributed by atoms with E-state index in [2.05, 4.69) is 21.2 Å². The predicted octanol–water partition coefficient (Wildman–Crippen LogP) is 6.30. The van der Waals surface area contributed by atoms with E-state index in [1.54, 1.807) is 25.1 Å². The fraction of sp³-hybridized carbons (Fsp3) is 0.333. The zero-order chi connectivity index (χ0) is 29.6. The van der Waals surface area contributed by atoms with Gasteiger partial charge in [0.15, 0.2) is 0 Å². The fourth-order valence-electron chi connectivity index (χ4n) is 4.87. The predicted molar refractivity (Wildman–Crippen MR) is 162 cm³/mol. The number of halogens is 3. The Hall–Kier alpha value is -2.95. The van der Waals surface area contributed by atoms with Gasteiger partial charge in [0.05, 0.1) is 15.6 Å². The Kier molecular flexibility index (Phi) is 10.4. The van der Waals surface area contributed by atoms with E-state index in [9.17, 15) is 22.4 Å². The van der Waals surface area contributed by atoms with E-state index in [0.29, 0.717) is 0 Å². The fourth-order valence-corrected chi connectivity index (χ4v) is 6.92. The zero-order valence-corrected chi connectivity index (χ0v) is 25.8. The first-order chi connectivity index (χ1) is 19.6. The van der Waals surface area contributed by atoms with Crippen LogP contribution >= 0.6 is 27.5 Å². The average Bonchev–Trinajstić information content (AvgIpc) is 2.96. The van der Waals surface area contributed by atoms with Crippen molar-refractivity contribution in [3.05, 3.63) is 93.7 Å². The van der Waals surface area contributed by atoms with Crippen molar-refractivity contribution in [2.45, 2.75) is 62.6 Å². The van der Waals surface area contributed by atoms with Gasteiger partial charge in [-0.25, -0.2) is 12.8 Å². The monoisotopic (exact) mass is 663 g/mol. The minimum atomic E-state index is -4.26. The summed E-state index contributed by atoms with van der Waals surface area (Å²) in [6.07, 6.45) is 4.96. The molecule has 7 nitrogen and oxygen atoms in total. The summed E-state index contributed by atoms with van der Waals surface area (Å²) < 4.78 is 43.3. The number of amides is 2. The zero-order valence-electron chi connectivity index (χ0n) is 22.6. The topological polar surface area (TPSA) is 86.8 Å². The maximum absolute atomic E-state index is 14.0. The summed E-state index contributed by atoms with van der Waals surface area (Å²) >= 11 is 9.45. The molecule has 0 unspecified atom stereocenters. The number of carbonyl (C=O) groups excluding carboxylic acids is 2. The van der Waals surface area contributed by atoms with Crippen LogP contribution in [0, 0.1) is 5.82 Å². The maximum atomic E-state index is 14.0. The lowest BCUT2D eigenvalue weighted by Crippen LogP contribution is -2.53. The number of nitrogens with zero attached hydrogens (tertiary/aromatic N) is 2. The molecule has 0 bridgehead atoms. The van der Waals surface area contributed by atoms with Gasteiger partial charge in [0.25, 0.3) is 10.0 Å². The standard InChI is InChI=1S/C30H32BrClFN3O4S/c1-21(30(38)34-24-11-4-2-5-12-24)35(19-22-9-8-10-23(31)17-22)29(37)20-36(25-15-16-28(33)27(32)18-25)41(39,40)26-13-6-3-7-14-26/h3,6-10,13-18,21,24H,2,4-5,11-12,19-20H2,1H3,(H,34,38)/t21-/m0/s1. The number of anilines is 1. The van der Waals surface area contributed by atoms with Gasteiger partial charge in [0, 0.05) is 17.1 Å². The molecule has 4 rings (SSSR count). The Morgan fingerprint density at radius 1 is 1.02 bits per heavy atom. The Morgan fingerprint density at radius 2 is 1.73 bits per heavy atom. The molecule has 1 fully saturated rings. The van der Waals surface area contributed by atoms with Crippen LogP contribution in [0.5, 0.6) is 0 Å². The molecule has 2 amide bonds. The summed E-state index contributed by atoms with van der Waals surface area (Å²) in [5, 5.41) is 2.79. The molecule has 41 heavy (non-hydrogen) atoms. The Bertz CT molecular complexity index is 1490. The van der Waals surface area contributed by atoms with Gasteiger partial charge in [-0.05, 0) is 67.8 Å². The molecule has 218 valence electrons. The van der Waals surface area contributed by atoms with Gasteiger partial charge >= 0.3 is 0 Å². The molecule has 1 aliphatic carbocycles. The van der Waals surface area contributed by atoms with Crippen molar-refractivity contribution in [1.82, 2.24) is 10.2 Å². The van der Waals surface area contributed by atoms with Gasteiger partial charge in [-0.3, -0.25) is 13.9 Å². The molecule has 1 aliphatic rings. The van der Waals surface area contributed by atoms with E-state index in [1.165, 1.54) is 29.2 Å². The van der Waals surface area contributed by atoms with E-state index in [0.717, 1.165) is 52.5 Å². The summed E-state index contributed by atoms with van der Waals surface area (Å²) in [6.45, 7) is 1.08. The summed E-state index contributed by atoms with van der Waals surface area (Å²) in [6, 6.07) is 17.6. The second-order valence-electron chi connectivity index (χ2n) is 10.1. The number of rotatable bonds is 10. The van der Waals surface area contributed by atoms with Crippen molar-refractivity contribution in [1.29, 1.82) is 0 Å². The largest absolute Gasteiger partial charge is 0.352 e. The van der Waals surface area contributed by atoms with Crippen molar-refractivity contribution >= 4 is 55.1 Å². The number of sulfonamides is 1. The molecular weight excluding hydrogens is 633 g/mol. The Morgan fingerprint density at radius 3 is 2.39 bits per heavy atom. The molecule has 3 aromatic rings. The molecule has 0 aliphatic heterocycles. The molecule has 11 heteroatoms. The van der Waals surface area contributed by atoms with Crippen molar-refractivity contribution in [3.63, 3.8) is 0 Å². The molecule has 1 N–H and O–H groups in total. The minimum Gasteiger partial charge on any atom is -0.352 e. The van der Waals surface area contributed by atoms with Crippen LogP contribution in [0.25, 0.3) is 0 Å². The highest BCUT2D eigenvalue weighted by Crippen LogP contribution is 2.28. The van der Waals surface area contributed by atoms with Gasteiger partial charge in [-0.2, -0.15) is 0 Å². The van der Waals surface area contributed by atoms with Gasteiger partial charge in [0.2, 0.25) is 11.8 Å². The van der Waals surface area contributed by atoms with Gasteiger partial charge in [-0.15, -0.1) is 0 Å². The molecule has 0 aromatic heterocycles. The highest BCUT2D eigenvalue weighted by Gasteiger charge is 2.33. The van der Waals surface area contributed by atoms with Crippen LogP contribution in [0.4, 0.5) is 10.1 Å². The third-order valence-corrected chi connectivity index (χ3v) is 9.73. The van der Waals surface area contributed by atoms with Gasteiger partial charge in [-0.1, -0.05) is 77.1 Å². The number of hydrogen-bond acceptors (Lipinski definition) is 4. The highest BCUT2D eigenvalue weighted by molar-refractivity contribution is 9.10. The van der Waals surface area contributed by atoms with E-state index in [4.69, 9.17) is 11.6 Å². The van der Waals surface area contributed by atoms with Crippen LogP contribution in [-0.2, 0) is 26.2 Å². The Labute approximate surface area is 253 Å². The van der Waals surface area contributed by atoms with Crippen molar-refractivity contribution in [2.75, 3.05) is 10.8 Å². The lowest BCUT2D eigenvalue weighted by atomic mass is 9.95. The molecule has 1 saturated carbocycles. The highest BCUT2D eigenvalue weighted by atomic mass is 79.9. The molecule has 0 heterocycles. The first-order valence-electron chi connectivity index (χ1n) is 13.4. The van der Waals surface area contributed by atoms with Crippen LogP contribution < -0.4 is 9.62 Å². The third kappa shape index (κ3) is 7.87. The van der Waals surface area contributed by atoms with E-state index in [-0.39, 0.29) is 34.1 Å². The third-order valence-electron chi connectivity index (χ3n) is 7.16. The maximum Gasteiger partial charge on any atom is 0.264 e. The van der Waals surface area contributed by atoms with Crippen molar-refractivity contribution in [3.8, 4) is 0 Å². The summed E-state index contributed by atoms with van der Waals surface area (Å²) in [5.74, 6) is -1.62. The first-order valence-corrected chi connectivity index (χ1v) is 16.0. The number of carbonyl (C=O) groups is 2. The minimum absolute atomic E-state index is 0.0234. The quantitative estimate of drug-likeness (QED) is 0.276. The normalized spacial score (nSPS) is 14.7. The first kappa shape index (κ1) is 31.0. The SMILES string of the molecule is C[C@@H](C(=O)NC1CCCCC1)N(Cc1cccc(Br)c1)C(=O)CN(c1ccc(F)c(Cl)c1)S(=O)(=O)c1ccccc1. The van der Waals surface area contributed by atoms with E-state index in [1.807, 2.05) is 24.3 Å². The Balaban J connectivity index is 1.68. The lowest BCUT2D eigenvalue weighted by Gasteiger charge is -2.33. The number of nitrogens with one attached hydrogen (secondary N) is 1. The van der Waals surface area contributed by atoms with Crippen LogP contribution in [0.15, 0.2) is 82.2 Å². The molecule has 0 saturated heterocycles. The van der Waals surface area contributed by atoms with Gasteiger partial charge in [0.1, 0.15) is 18.4 Å². The van der Waals surface area contributed by atoms with E-state index >= 15 is 0 Å². The number of benzene rings is 3. The van der Waals surface area contributed by atoms with E-state index < -0.39 is 34.3 Å². The lowest BCUT2D eigenvalue weighted by molar-refractivity contribution is -0.139. The smallest absolute Gasteiger partial charge is 0.264 e. The molecule has 3 aromatic carbocycles. The molecule has 1 atom stereocenters. The number of hydrogen-bond donors (Lipinski definition) is 1. The van der Waals surface area contributed by atoms with Crippen LogP contribution in [0.2, 0.25) is 5.02 Å². The van der Waals surface area contributed by atoms with Gasteiger partial charge < -0.3 is 10.2 Å². The van der Waals surface area contributed by atoms with Crippen molar-refractivity contribution in [2.24, 2.45) is 0 Å².